The molecule has 136 valence electrons. The number of carbonyl (C=O) groups excluding carboxylic acids is 2. The molecular weight excluding hydrogens is 324 g/mol. The monoisotopic (exact) mass is 348 g/mol. The smallest absolute Gasteiger partial charge is 0.339 e. The largest absolute Gasteiger partial charge is 0.449 e. The number of nitrogens with zero attached hydrogens (tertiary/aromatic N) is 1. The highest BCUT2D eigenvalue weighted by atomic mass is 16.6. The summed E-state index contributed by atoms with van der Waals surface area (Å²) in [6.07, 6.45) is 3.30. The summed E-state index contributed by atoms with van der Waals surface area (Å²) in [6.45, 7) is 5.20. The fourth-order valence-corrected chi connectivity index (χ4v) is 3.05. The minimum Gasteiger partial charge on any atom is -0.449 e. The summed E-state index contributed by atoms with van der Waals surface area (Å²) in [7, 11) is 0. The molecule has 0 spiro atoms. The Balaban J connectivity index is 1.98. The van der Waals surface area contributed by atoms with Crippen molar-refractivity contribution in [2.45, 2.75) is 58.6 Å². The van der Waals surface area contributed by atoms with E-state index >= 15 is 0 Å². The van der Waals surface area contributed by atoms with Crippen LogP contribution in [-0.4, -0.2) is 28.9 Å². The fraction of sp³-hybridized carbons (Fsp3) is 0.556. The van der Waals surface area contributed by atoms with E-state index in [1.54, 1.807) is 6.92 Å². The van der Waals surface area contributed by atoms with Crippen LogP contribution in [0.5, 0.6) is 0 Å². The van der Waals surface area contributed by atoms with E-state index < -0.39 is 17.0 Å². The molecule has 1 aromatic rings. The average molecular weight is 348 g/mol. The summed E-state index contributed by atoms with van der Waals surface area (Å²) >= 11 is 0. The first-order valence-corrected chi connectivity index (χ1v) is 8.56. The van der Waals surface area contributed by atoms with Crippen molar-refractivity contribution < 1.29 is 19.2 Å². The van der Waals surface area contributed by atoms with Gasteiger partial charge in [-0.1, -0.05) is 25.8 Å². The molecule has 1 aromatic carbocycles. The second-order valence-corrected chi connectivity index (χ2v) is 6.68. The Morgan fingerprint density at radius 2 is 2.00 bits per heavy atom. The maximum absolute atomic E-state index is 12.3. The number of amides is 1. The summed E-state index contributed by atoms with van der Waals surface area (Å²) in [5.74, 6) is -0.684. The number of esters is 1. The van der Waals surface area contributed by atoms with Crippen LogP contribution in [0.2, 0.25) is 0 Å². The molecule has 0 saturated heterocycles. The van der Waals surface area contributed by atoms with Crippen molar-refractivity contribution in [1.29, 1.82) is 0 Å². The van der Waals surface area contributed by atoms with Gasteiger partial charge in [-0.05, 0) is 38.7 Å². The Bertz CT molecular complexity index is 673. The SMILES string of the molecule is Cc1ccc(C(=O)OC(C)C(=O)NC2CCCCC2C)cc1[N+](=O)[O-]. The Morgan fingerprint density at radius 1 is 1.32 bits per heavy atom. The normalized spacial score (nSPS) is 21.2. The van der Waals surface area contributed by atoms with Crippen LogP contribution in [-0.2, 0) is 9.53 Å². The molecule has 3 unspecified atom stereocenters. The number of rotatable bonds is 5. The van der Waals surface area contributed by atoms with Crippen LogP contribution in [0, 0.1) is 23.0 Å². The first-order chi connectivity index (χ1) is 11.8. The van der Waals surface area contributed by atoms with Crippen LogP contribution in [0.25, 0.3) is 0 Å². The zero-order valence-electron chi connectivity index (χ0n) is 14.8. The maximum atomic E-state index is 12.3. The highest BCUT2D eigenvalue weighted by Crippen LogP contribution is 2.24. The number of carbonyl (C=O) groups is 2. The van der Waals surface area contributed by atoms with Gasteiger partial charge < -0.3 is 10.1 Å². The predicted molar refractivity (Wildman–Crippen MR) is 92.3 cm³/mol. The summed E-state index contributed by atoms with van der Waals surface area (Å²) in [4.78, 5) is 34.9. The summed E-state index contributed by atoms with van der Waals surface area (Å²) in [5.41, 5.74) is 0.365. The number of nitrogens with one attached hydrogen (secondary N) is 1. The third kappa shape index (κ3) is 4.78. The molecule has 0 radical (unpaired) electrons. The van der Waals surface area contributed by atoms with Crippen molar-refractivity contribution in [2.24, 2.45) is 5.92 Å². The highest BCUT2D eigenvalue weighted by molar-refractivity contribution is 5.93. The van der Waals surface area contributed by atoms with E-state index in [-0.39, 0.29) is 23.2 Å². The minimum absolute atomic E-state index is 0.0583. The van der Waals surface area contributed by atoms with E-state index in [0.717, 1.165) is 19.3 Å². The van der Waals surface area contributed by atoms with Gasteiger partial charge in [-0.25, -0.2) is 4.79 Å². The molecule has 3 atom stereocenters. The molecule has 0 bridgehead atoms. The molecule has 0 heterocycles. The first-order valence-electron chi connectivity index (χ1n) is 8.56. The Morgan fingerprint density at radius 3 is 2.64 bits per heavy atom. The van der Waals surface area contributed by atoms with Gasteiger partial charge in [-0.15, -0.1) is 0 Å². The molecular formula is C18H24N2O5. The van der Waals surface area contributed by atoms with Gasteiger partial charge in [0.25, 0.3) is 11.6 Å². The van der Waals surface area contributed by atoms with Crippen LogP contribution in [0.4, 0.5) is 5.69 Å². The highest BCUT2D eigenvalue weighted by Gasteiger charge is 2.27. The lowest BCUT2D eigenvalue weighted by atomic mass is 9.86. The molecule has 1 fully saturated rings. The van der Waals surface area contributed by atoms with Gasteiger partial charge >= 0.3 is 5.97 Å². The zero-order chi connectivity index (χ0) is 18.6. The Kier molecular flexibility index (Phi) is 6.12. The number of ether oxygens (including phenoxy) is 1. The molecule has 2 rings (SSSR count). The molecule has 7 heteroatoms. The van der Waals surface area contributed by atoms with Crippen molar-refractivity contribution in [3.8, 4) is 0 Å². The zero-order valence-corrected chi connectivity index (χ0v) is 14.8. The van der Waals surface area contributed by atoms with Crippen LogP contribution in [0.1, 0.15) is 55.5 Å². The first kappa shape index (κ1) is 18.9. The lowest BCUT2D eigenvalue weighted by Gasteiger charge is -2.30. The van der Waals surface area contributed by atoms with E-state index in [4.69, 9.17) is 4.74 Å². The Labute approximate surface area is 146 Å². The third-order valence-electron chi connectivity index (χ3n) is 4.73. The van der Waals surface area contributed by atoms with Crippen LogP contribution < -0.4 is 5.32 Å². The van der Waals surface area contributed by atoms with Gasteiger partial charge in [0.15, 0.2) is 6.10 Å². The molecule has 1 amide bonds. The summed E-state index contributed by atoms with van der Waals surface area (Å²) in [6, 6.07) is 4.22. The molecule has 7 nitrogen and oxygen atoms in total. The maximum Gasteiger partial charge on any atom is 0.339 e. The van der Waals surface area contributed by atoms with Gasteiger partial charge in [0.05, 0.1) is 10.5 Å². The minimum atomic E-state index is -0.956. The second-order valence-electron chi connectivity index (χ2n) is 6.68. The van der Waals surface area contributed by atoms with E-state index in [9.17, 15) is 19.7 Å². The number of hydrogen-bond acceptors (Lipinski definition) is 5. The summed E-state index contributed by atoms with van der Waals surface area (Å²) < 4.78 is 5.18. The van der Waals surface area contributed by atoms with Crippen LogP contribution in [0.3, 0.4) is 0 Å². The van der Waals surface area contributed by atoms with Crippen LogP contribution >= 0.6 is 0 Å². The topological polar surface area (TPSA) is 98.5 Å². The predicted octanol–water partition coefficient (Wildman–Crippen LogP) is 3.14. The van der Waals surface area contributed by atoms with Gasteiger partial charge in [-0.3, -0.25) is 14.9 Å². The van der Waals surface area contributed by atoms with Gasteiger partial charge in [0.2, 0.25) is 0 Å². The third-order valence-corrected chi connectivity index (χ3v) is 4.73. The number of benzene rings is 1. The van der Waals surface area contributed by atoms with Gasteiger partial charge in [0.1, 0.15) is 0 Å². The van der Waals surface area contributed by atoms with E-state index in [2.05, 4.69) is 12.2 Å². The molecule has 0 aliphatic heterocycles. The van der Waals surface area contributed by atoms with Crippen molar-refractivity contribution in [3.05, 3.63) is 39.4 Å². The van der Waals surface area contributed by atoms with E-state index in [1.807, 2.05) is 0 Å². The van der Waals surface area contributed by atoms with Crippen molar-refractivity contribution in [3.63, 3.8) is 0 Å². The van der Waals surface area contributed by atoms with Crippen molar-refractivity contribution in [2.75, 3.05) is 0 Å². The molecule has 1 saturated carbocycles. The average Bonchev–Trinajstić information content (AvgIpc) is 2.56. The molecule has 1 N–H and O–H groups in total. The number of nitro benzene ring substituents is 1. The quantitative estimate of drug-likeness (QED) is 0.501. The Hall–Kier alpha value is -2.44. The number of nitro groups is 1. The van der Waals surface area contributed by atoms with E-state index in [0.29, 0.717) is 11.5 Å². The van der Waals surface area contributed by atoms with Gasteiger partial charge in [0, 0.05) is 17.7 Å². The van der Waals surface area contributed by atoms with Gasteiger partial charge in [-0.2, -0.15) is 0 Å². The molecule has 0 aromatic heterocycles. The van der Waals surface area contributed by atoms with E-state index in [1.165, 1.54) is 31.5 Å². The molecule has 25 heavy (non-hydrogen) atoms. The fourth-order valence-electron chi connectivity index (χ4n) is 3.05. The second kappa shape index (κ2) is 8.09. The van der Waals surface area contributed by atoms with Crippen LogP contribution in [0.15, 0.2) is 18.2 Å². The summed E-state index contributed by atoms with van der Waals surface area (Å²) in [5, 5.41) is 13.9. The van der Waals surface area contributed by atoms with Crippen molar-refractivity contribution in [1.82, 2.24) is 5.32 Å². The standard InChI is InChI=1S/C18H24N2O5/c1-11-6-4-5-7-15(11)19-17(21)13(3)25-18(22)14-9-8-12(2)16(10-14)20(23)24/h8-11,13,15H,4-7H2,1-3H3,(H,19,21). The number of hydrogen-bond donors (Lipinski definition) is 1. The lowest BCUT2D eigenvalue weighted by molar-refractivity contribution is -0.385. The number of aryl methyl sites for hydroxylation is 1. The van der Waals surface area contributed by atoms with Crippen molar-refractivity contribution >= 4 is 17.6 Å². The lowest BCUT2D eigenvalue weighted by Crippen LogP contribution is -2.45. The molecule has 1 aliphatic carbocycles. The molecule has 1 aliphatic rings.